The van der Waals surface area contributed by atoms with E-state index in [1.54, 1.807) is 6.20 Å². The van der Waals surface area contributed by atoms with E-state index in [2.05, 4.69) is 15.3 Å². The number of rotatable bonds is 3. The van der Waals surface area contributed by atoms with Gasteiger partial charge in [0, 0.05) is 12.6 Å². The van der Waals surface area contributed by atoms with E-state index in [9.17, 15) is 4.79 Å². The first kappa shape index (κ1) is 14.0. The first-order valence-corrected chi connectivity index (χ1v) is 6.58. The highest BCUT2D eigenvalue weighted by molar-refractivity contribution is 6.29. The van der Waals surface area contributed by atoms with Crippen molar-refractivity contribution in [3.05, 3.63) is 17.5 Å². The number of carbonyl (C=O) groups is 1. The lowest BCUT2D eigenvalue weighted by atomic mass is 10.2. The van der Waals surface area contributed by atoms with Crippen LogP contribution in [0.2, 0.25) is 5.15 Å². The Morgan fingerprint density at radius 1 is 1.58 bits per heavy atom. The molecule has 0 aliphatic carbocycles. The summed E-state index contributed by atoms with van der Waals surface area (Å²) in [5.74, 6) is 0.524. The standard InChI is InChI=1S/C12H17ClN4O2/c1-8(2)15-12(18)9-7-19-4-3-17(9)11-6-14-5-10(13)16-11/h5-6,8-9H,3-4,7H2,1-2H3,(H,15,18). The Labute approximate surface area is 117 Å². The van der Waals surface area contributed by atoms with Crippen molar-refractivity contribution >= 4 is 23.3 Å². The fourth-order valence-electron chi connectivity index (χ4n) is 1.95. The summed E-state index contributed by atoms with van der Waals surface area (Å²) < 4.78 is 5.38. The number of hydrogen-bond donors (Lipinski definition) is 1. The SMILES string of the molecule is CC(C)NC(=O)C1COCCN1c1cncc(Cl)n1. The van der Waals surface area contributed by atoms with Crippen molar-refractivity contribution in [1.82, 2.24) is 15.3 Å². The zero-order valence-electron chi connectivity index (χ0n) is 11.0. The van der Waals surface area contributed by atoms with Crippen LogP contribution >= 0.6 is 11.6 Å². The van der Waals surface area contributed by atoms with Crippen molar-refractivity contribution in [2.45, 2.75) is 25.9 Å². The van der Waals surface area contributed by atoms with E-state index in [1.807, 2.05) is 18.7 Å². The van der Waals surface area contributed by atoms with Gasteiger partial charge in [-0.1, -0.05) is 11.6 Å². The van der Waals surface area contributed by atoms with Crippen LogP contribution in [0.3, 0.4) is 0 Å². The second-order valence-electron chi connectivity index (χ2n) is 4.65. The molecule has 0 bridgehead atoms. The zero-order chi connectivity index (χ0) is 13.8. The van der Waals surface area contributed by atoms with Crippen LogP contribution in [0.4, 0.5) is 5.82 Å². The summed E-state index contributed by atoms with van der Waals surface area (Å²) in [5, 5.41) is 3.20. The molecule has 6 nitrogen and oxygen atoms in total. The van der Waals surface area contributed by atoms with Crippen LogP contribution in [0.15, 0.2) is 12.4 Å². The molecule has 1 saturated heterocycles. The van der Waals surface area contributed by atoms with Gasteiger partial charge in [0.05, 0.1) is 25.6 Å². The number of nitrogens with one attached hydrogen (secondary N) is 1. The number of halogens is 1. The van der Waals surface area contributed by atoms with Gasteiger partial charge in [0.2, 0.25) is 5.91 Å². The molecule has 2 heterocycles. The third-order valence-electron chi connectivity index (χ3n) is 2.75. The lowest BCUT2D eigenvalue weighted by molar-refractivity contribution is -0.125. The van der Waals surface area contributed by atoms with Crippen molar-refractivity contribution in [3.63, 3.8) is 0 Å². The summed E-state index contributed by atoms with van der Waals surface area (Å²) in [6.45, 7) is 5.33. The maximum absolute atomic E-state index is 12.2. The average molecular weight is 285 g/mol. The Bertz CT molecular complexity index is 455. The van der Waals surface area contributed by atoms with E-state index >= 15 is 0 Å². The zero-order valence-corrected chi connectivity index (χ0v) is 11.7. The number of ether oxygens (including phenoxy) is 1. The molecular formula is C12H17ClN4O2. The molecule has 1 aliphatic rings. The number of carbonyl (C=O) groups excluding carboxylic acids is 1. The molecule has 1 amide bonds. The van der Waals surface area contributed by atoms with E-state index in [0.717, 1.165) is 0 Å². The minimum Gasteiger partial charge on any atom is -0.377 e. The molecule has 1 aliphatic heterocycles. The molecule has 0 saturated carbocycles. The Morgan fingerprint density at radius 2 is 2.37 bits per heavy atom. The van der Waals surface area contributed by atoms with Crippen LogP contribution in [-0.2, 0) is 9.53 Å². The molecular weight excluding hydrogens is 268 g/mol. The maximum Gasteiger partial charge on any atom is 0.245 e. The highest BCUT2D eigenvalue weighted by atomic mass is 35.5. The second-order valence-corrected chi connectivity index (χ2v) is 5.03. The van der Waals surface area contributed by atoms with E-state index in [-0.39, 0.29) is 11.9 Å². The third kappa shape index (κ3) is 3.54. The van der Waals surface area contributed by atoms with E-state index < -0.39 is 6.04 Å². The van der Waals surface area contributed by atoms with Gasteiger partial charge in [-0.15, -0.1) is 0 Å². The fraction of sp³-hybridized carbons (Fsp3) is 0.583. The number of morpholine rings is 1. The predicted octanol–water partition coefficient (Wildman–Crippen LogP) is 0.860. The molecule has 19 heavy (non-hydrogen) atoms. The highest BCUT2D eigenvalue weighted by Gasteiger charge is 2.30. The molecule has 104 valence electrons. The van der Waals surface area contributed by atoms with Gasteiger partial charge in [-0.2, -0.15) is 0 Å². The molecule has 0 radical (unpaired) electrons. The summed E-state index contributed by atoms with van der Waals surface area (Å²) in [7, 11) is 0. The van der Waals surface area contributed by atoms with Gasteiger partial charge in [0.1, 0.15) is 17.0 Å². The van der Waals surface area contributed by atoms with Crippen LogP contribution in [0.1, 0.15) is 13.8 Å². The van der Waals surface area contributed by atoms with Crippen molar-refractivity contribution in [2.75, 3.05) is 24.7 Å². The molecule has 2 rings (SSSR count). The molecule has 0 aromatic carbocycles. The van der Waals surface area contributed by atoms with Gasteiger partial charge >= 0.3 is 0 Å². The number of amides is 1. The van der Waals surface area contributed by atoms with E-state index in [1.165, 1.54) is 6.20 Å². The molecule has 1 unspecified atom stereocenters. The van der Waals surface area contributed by atoms with Crippen LogP contribution in [-0.4, -0.2) is 47.7 Å². The Balaban J connectivity index is 2.18. The number of nitrogens with zero attached hydrogens (tertiary/aromatic N) is 3. The van der Waals surface area contributed by atoms with Crippen LogP contribution in [0.25, 0.3) is 0 Å². The van der Waals surface area contributed by atoms with Gasteiger partial charge < -0.3 is 15.0 Å². The smallest absolute Gasteiger partial charge is 0.245 e. The topological polar surface area (TPSA) is 67.3 Å². The average Bonchev–Trinajstić information content (AvgIpc) is 2.38. The van der Waals surface area contributed by atoms with Crippen LogP contribution in [0.5, 0.6) is 0 Å². The first-order valence-electron chi connectivity index (χ1n) is 6.20. The molecule has 1 aromatic heterocycles. The Hall–Kier alpha value is -1.40. The minimum absolute atomic E-state index is 0.0727. The van der Waals surface area contributed by atoms with Gasteiger partial charge in [0.25, 0.3) is 0 Å². The Morgan fingerprint density at radius 3 is 3.05 bits per heavy atom. The fourth-order valence-corrected chi connectivity index (χ4v) is 2.09. The number of hydrogen-bond acceptors (Lipinski definition) is 5. The lowest BCUT2D eigenvalue weighted by Crippen LogP contribution is -2.55. The van der Waals surface area contributed by atoms with Gasteiger partial charge in [-0.05, 0) is 13.8 Å². The summed E-state index contributed by atoms with van der Waals surface area (Å²) in [5.41, 5.74) is 0. The quantitative estimate of drug-likeness (QED) is 0.892. The van der Waals surface area contributed by atoms with E-state index in [4.69, 9.17) is 16.3 Å². The molecule has 0 spiro atoms. The normalized spacial score (nSPS) is 19.6. The van der Waals surface area contributed by atoms with Crippen LogP contribution in [0, 0.1) is 0 Å². The largest absolute Gasteiger partial charge is 0.377 e. The summed E-state index contributed by atoms with van der Waals surface area (Å²) in [6, 6.07) is -0.314. The van der Waals surface area contributed by atoms with Crippen molar-refractivity contribution < 1.29 is 9.53 Å². The van der Waals surface area contributed by atoms with Gasteiger partial charge in [-0.3, -0.25) is 9.78 Å². The van der Waals surface area contributed by atoms with Gasteiger partial charge in [-0.25, -0.2) is 4.98 Å². The third-order valence-corrected chi connectivity index (χ3v) is 2.93. The maximum atomic E-state index is 12.2. The monoisotopic (exact) mass is 284 g/mol. The van der Waals surface area contributed by atoms with Gasteiger partial charge in [0.15, 0.2) is 0 Å². The van der Waals surface area contributed by atoms with Crippen molar-refractivity contribution in [3.8, 4) is 0 Å². The molecule has 7 heteroatoms. The molecule has 1 fully saturated rings. The number of anilines is 1. The highest BCUT2D eigenvalue weighted by Crippen LogP contribution is 2.18. The minimum atomic E-state index is -0.399. The molecule has 1 aromatic rings. The van der Waals surface area contributed by atoms with Crippen LogP contribution < -0.4 is 10.2 Å². The second kappa shape index (κ2) is 6.16. The summed E-state index contributed by atoms with van der Waals surface area (Å²) in [4.78, 5) is 22.2. The summed E-state index contributed by atoms with van der Waals surface area (Å²) >= 11 is 5.84. The number of aromatic nitrogens is 2. The summed E-state index contributed by atoms with van der Waals surface area (Å²) in [6.07, 6.45) is 3.07. The van der Waals surface area contributed by atoms with Crippen molar-refractivity contribution in [1.29, 1.82) is 0 Å². The first-order chi connectivity index (χ1) is 9.08. The predicted molar refractivity (Wildman–Crippen MR) is 72.3 cm³/mol. The Kier molecular flexibility index (Phi) is 4.55. The molecule has 1 atom stereocenters. The van der Waals surface area contributed by atoms with E-state index in [0.29, 0.717) is 30.7 Å². The molecule has 1 N–H and O–H groups in total. The lowest BCUT2D eigenvalue weighted by Gasteiger charge is -2.35. The van der Waals surface area contributed by atoms with Crippen molar-refractivity contribution in [2.24, 2.45) is 0 Å².